The number of aryl methyl sites for hydroxylation is 1. The molecule has 1 heterocycles. The van der Waals surface area contributed by atoms with Gasteiger partial charge in [-0.15, -0.1) is 0 Å². The van der Waals surface area contributed by atoms with Crippen LogP contribution in [-0.2, 0) is 11.3 Å². The summed E-state index contributed by atoms with van der Waals surface area (Å²) in [5.41, 5.74) is 3.75. The monoisotopic (exact) mass is 289 g/mol. The lowest BCUT2D eigenvalue weighted by Gasteiger charge is -2.27. The van der Waals surface area contributed by atoms with Crippen LogP contribution in [0.5, 0.6) is 0 Å². The first-order valence-corrected chi connectivity index (χ1v) is 7.95. The highest BCUT2D eigenvalue weighted by atomic mass is 16.2. The van der Waals surface area contributed by atoms with Crippen molar-refractivity contribution in [2.45, 2.75) is 45.7 Å². The Morgan fingerprint density at radius 1 is 1.43 bits per heavy atom. The normalized spacial score (nSPS) is 18.0. The van der Waals surface area contributed by atoms with Crippen molar-refractivity contribution in [3.8, 4) is 0 Å². The van der Waals surface area contributed by atoms with Gasteiger partial charge in [0.05, 0.1) is 0 Å². The van der Waals surface area contributed by atoms with E-state index in [1.54, 1.807) is 7.05 Å². The lowest BCUT2D eigenvalue weighted by Crippen LogP contribution is -2.42. The predicted octanol–water partition coefficient (Wildman–Crippen LogP) is 2.21. The second-order valence-corrected chi connectivity index (χ2v) is 5.76. The Bertz CT molecular complexity index is 487. The first kappa shape index (κ1) is 15.8. The van der Waals surface area contributed by atoms with Crippen molar-refractivity contribution in [1.82, 2.24) is 10.6 Å². The molecule has 1 atom stereocenters. The van der Waals surface area contributed by atoms with Gasteiger partial charge in [0.1, 0.15) is 6.04 Å². The minimum absolute atomic E-state index is 0.0160. The maximum atomic E-state index is 12.0. The number of hydrogen-bond acceptors (Lipinski definition) is 3. The lowest BCUT2D eigenvalue weighted by molar-refractivity contribution is -0.121. The van der Waals surface area contributed by atoms with Crippen molar-refractivity contribution in [3.63, 3.8) is 0 Å². The summed E-state index contributed by atoms with van der Waals surface area (Å²) in [6.07, 6.45) is 3.18. The Balaban J connectivity index is 2.11. The average molecular weight is 289 g/mol. The summed E-state index contributed by atoms with van der Waals surface area (Å²) in [7, 11) is 1.72. The Morgan fingerprint density at radius 2 is 2.24 bits per heavy atom. The number of hydrogen-bond donors (Lipinski definition) is 2. The molecule has 116 valence electrons. The minimum Gasteiger partial charge on any atom is -0.359 e. The molecule has 1 amide bonds. The van der Waals surface area contributed by atoms with E-state index in [2.05, 4.69) is 47.6 Å². The molecule has 4 nitrogen and oxygen atoms in total. The molecule has 1 unspecified atom stereocenters. The van der Waals surface area contributed by atoms with Crippen LogP contribution in [0.2, 0.25) is 0 Å². The summed E-state index contributed by atoms with van der Waals surface area (Å²) in [6.45, 7) is 7.23. The Kier molecular flexibility index (Phi) is 5.62. The quantitative estimate of drug-likeness (QED) is 0.789. The number of anilines is 1. The van der Waals surface area contributed by atoms with Crippen LogP contribution in [0.15, 0.2) is 18.2 Å². The highest BCUT2D eigenvalue weighted by Crippen LogP contribution is 2.29. The van der Waals surface area contributed by atoms with Gasteiger partial charge in [0, 0.05) is 25.8 Å². The summed E-state index contributed by atoms with van der Waals surface area (Å²) >= 11 is 0. The largest absolute Gasteiger partial charge is 0.359 e. The van der Waals surface area contributed by atoms with E-state index in [1.165, 1.54) is 16.8 Å². The van der Waals surface area contributed by atoms with E-state index in [-0.39, 0.29) is 11.9 Å². The molecule has 0 saturated carbocycles. The van der Waals surface area contributed by atoms with Crippen LogP contribution in [0.3, 0.4) is 0 Å². The number of carbonyl (C=O) groups is 1. The second kappa shape index (κ2) is 7.46. The number of nitrogens with one attached hydrogen (secondary N) is 2. The van der Waals surface area contributed by atoms with Gasteiger partial charge in [-0.05, 0) is 49.9 Å². The van der Waals surface area contributed by atoms with Crippen molar-refractivity contribution < 1.29 is 4.79 Å². The van der Waals surface area contributed by atoms with Gasteiger partial charge in [-0.3, -0.25) is 4.79 Å². The van der Waals surface area contributed by atoms with Gasteiger partial charge in [-0.2, -0.15) is 0 Å². The van der Waals surface area contributed by atoms with Crippen LogP contribution in [0, 0.1) is 6.92 Å². The zero-order chi connectivity index (χ0) is 15.2. The molecule has 2 N–H and O–H groups in total. The molecule has 1 aliphatic heterocycles. The molecule has 0 aliphatic carbocycles. The summed E-state index contributed by atoms with van der Waals surface area (Å²) in [5.74, 6) is 0.126. The van der Waals surface area contributed by atoms with E-state index in [0.29, 0.717) is 0 Å². The fourth-order valence-corrected chi connectivity index (χ4v) is 3.05. The van der Waals surface area contributed by atoms with Gasteiger partial charge in [0.15, 0.2) is 0 Å². The standard InChI is InChI=1S/C17H27N3O/c1-4-9-19-12-14-7-8-15(13(2)11-14)20-10-5-6-16(20)17(21)18-3/h7-8,11,16,19H,4-6,9-10,12H2,1-3H3,(H,18,21). The number of rotatable bonds is 6. The molecule has 1 aliphatic rings. The smallest absolute Gasteiger partial charge is 0.242 e. The van der Waals surface area contributed by atoms with Crippen molar-refractivity contribution in [3.05, 3.63) is 29.3 Å². The van der Waals surface area contributed by atoms with Gasteiger partial charge in [-0.1, -0.05) is 19.1 Å². The molecule has 0 bridgehead atoms. The lowest BCUT2D eigenvalue weighted by atomic mass is 10.1. The fourth-order valence-electron chi connectivity index (χ4n) is 3.05. The maximum Gasteiger partial charge on any atom is 0.242 e. The van der Waals surface area contributed by atoms with Gasteiger partial charge in [0.25, 0.3) is 0 Å². The fraction of sp³-hybridized carbons (Fsp3) is 0.588. The zero-order valence-corrected chi connectivity index (χ0v) is 13.4. The Hall–Kier alpha value is -1.55. The number of carbonyl (C=O) groups excluding carboxylic acids is 1. The van der Waals surface area contributed by atoms with Crippen molar-refractivity contribution >= 4 is 11.6 Å². The predicted molar refractivity (Wildman–Crippen MR) is 87.6 cm³/mol. The van der Waals surface area contributed by atoms with E-state index in [9.17, 15) is 4.79 Å². The first-order chi connectivity index (χ1) is 10.2. The van der Waals surface area contributed by atoms with E-state index in [0.717, 1.165) is 38.9 Å². The average Bonchev–Trinajstić information content (AvgIpc) is 2.96. The maximum absolute atomic E-state index is 12.0. The van der Waals surface area contributed by atoms with E-state index in [1.807, 2.05) is 0 Å². The topological polar surface area (TPSA) is 44.4 Å². The van der Waals surface area contributed by atoms with E-state index >= 15 is 0 Å². The van der Waals surface area contributed by atoms with Crippen molar-refractivity contribution in [2.75, 3.05) is 25.0 Å². The highest BCUT2D eigenvalue weighted by molar-refractivity contribution is 5.86. The third-order valence-electron chi connectivity index (χ3n) is 4.13. The summed E-state index contributed by atoms with van der Waals surface area (Å²) in [6, 6.07) is 6.55. The summed E-state index contributed by atoms with van der Waals surface area (Å²) < 4.78 is 0. The zero-order valence-electron chi connectivity index (χ0n) is 13.4. The molecule has 1 aromatic carbocycles. The molecular formula is C17H27N3O. The number of nitrogens with zero attached hydrogens (tertiary/aromatic N) is 1. The molecule has 0 radical (unpaired) electrons. The summed E-state index contributed by atoms with van der Waals surface area (Å²) in [4.78, 5) is 14.2. The van der Waals surface area contributed by atoms with Crippen LogP contribution in [-0.4, -0.2) is 32.1 Å². The van der Waals surface area contributed by atoms with Gasteiger partial charge in [-0.25, -0.2) is 0 Å². The van der Waals surface area contributed by atoms with Gasteiger partial charge in [0.2, 0.25) is 5.91 Å². The van der Waals surface area contributed by atoms with Crippen LogP contribution in [0.4, 0.5) is 5.69 Å². The molecule has 1 fully saturated rings. The molecule has 0 spiro atoms. The van der Waals surface area contributed by atoms with Crippen LogP contribution in [0.1, 0.15) is 37.3 Å². The molecule has 2 rings (SSSR count). The minimum atomic E-state index is -0.0160. The number of amides is 1. The molecule has 21 heavy (non-hydrogen) atoms. The van der Waals surface area contributed by atoms with Crippen LogP contribution < -0.4 is 15.5 Å². The first-order valence-electron chi connectivity index (χ1n) is 7.95. The van der Waals surface area contributed by atoms with Crippen molar-refractivity contribution in [1.29, 1.82) is 0 Å². The van der Waals surface area contributed by atoms with Crippen molar-refractivity contribution in [2.24, 2.45) is 0 Å². The third-order valence-corrected chi connectivity index (χ3v) is 4.13. The molecule has 4 heteroatoms. The summed E-state index contributed by atoms with van der Waals surface area (Å²) in [5, 5.41) is 6.21. The van der Waals surface area contributed by atoms with E-state index < -0.39 is 0 Å². The van der Waals surface area contributed by atoms with Gasteiger partial charge < -0.3 is 15.5 Å². The Morgan fingerprint density at radius 3 is 2.90 bits per heavy atom. The van der Waals surface area contributed by atoms with Crippen LogP contribution in [0.25, 0.3) is 0 Å². The Labute approximate surface area is 127 Å². The van der Waals surface area contributed by atoms with E-state index in [4.69, 9.17) is 0 Å². The van der Waals surface area contributed by atoms with Crippen LogP contribution >= 0.6 is 0 Å². The SMILES string of the molecule is CCCNCc1ccc(N2CCCC2C(=O)NC)c(C)c1. The molecule has 1 saturated heterocycles. The third kappa shape index (κ3) is 3.76. The second-order valence-electron chi connectivity index (χ2n) is 5.76. The highest BCUT2D eigenvalue weighted by Gasteiger charge is 2.30. The molecule has 0 aromatic heterocycles. The molecular weight excluding hydrogens is 262 g/mol. The molecule has 1 aromatic rings. The number of benzene rings is 1. The number of likely N-dealkylation sites (N-methyl/N-ethyl adjacent to an activating group) is 1. The van der Waals surface area contributed by atoms with Gasteiger partial charge >= 0.3 is 0 Å².